The monoisotopic (exact) mass is 1970 g/mol. The van der Waals surface area contributed by atoms with Crippen molar-refractivity contribution in [2.45, 2.75) is 72.3 Å². The molecule has 31 nitrogen and oxygen atoms in total. The van der Waals surface area contributed by atoms with E-state index in [1.165, 1.54) is 82.7 Å². The van der Waals surface area contributed by atoms with E-state index < -0.39 is 71.2 Å². The van der Waals surface area contributed by atoms with Crippen LogP contribution < -0.4 is 26.0 Å². The number of alkyl halides is 3. The third-order valence-electron chi connectivity index (χ3n) is 20.8. The number of carbonyl (C=O) groups excluding carboxylic acids is 11. The number of β-amino-alcohol motifs (C(OH)–C–C–N with tert-alkyl or cyclic N) is 1. The number of hydrogen-bond donors (Lipinski definition) is 6. The average molecular weight is 1970 g/mol. The molecule has 9 aromatic rings. The highest BCUT2D eigenvalue weighted by molar-refractivity contribution is 9.10. The molecule has 6 N–H and O–H groups in total. The van der Waals surface area contributed by atoms with Crippen LogP contribution in [0.2, 0.25) is 15.1 Å². The predicted molar refractivity (Wildman–Crippen MR) is 490 cm³/mol. The van der Waals surface area contributed by atoms with Crippen molar-refractivity contribution in [3.63, 3.8) is 0 Å². The predicted octanol–water partition coefficient (Wildman–Crippen LogP) is 15.3. The SMILES string of the molecule is CC1=C(C#N)C(=O)N(CC(C)O)C(=O)/C1=C/c1ccc(-c2ccc(Br)cc2)o1.CC1=C(C#N)C(=O)NC(=O)/C1=C\c1ccc(-c2ccc(Cl)cc2Cl)o1.CCOC(=O)C(NC(=O)c1ccc(OC)cc1)(N1CCOCC1)C(F)(F)F.CCOC(=O)c1cc(-c2ccc(/C=C3/C(=O)NC(=O)C(C#N)=C3C)o2)ccc1Cl.O=C(N/C(=C\c1ccco1)C(=O)N1CCCC(CO)C1)c1ccccc1. The Morgan fingerprint density at radius 2 is 1.17 bits per heavy atom. The number of nitrogens with zero attached hydrogens (tertiary/aromatic N) is 6. The number of rotatable bonds is 21. The molecule has 5 aliphatic heterocycles. The number of methoxy groups -OCH3 is 1. The summed E-state index contributed by atoms with van der Waals surface area (Å²) in [5.41, 5.74) is 0.677. The molecule has 5 aromatic carbocycles. The Morgan fingerprint density at radius 3 is 1.70 bits per heavy atom. The molecule has 9 amide bonds. The first-order chi connectivity index (χ1) is 64.5. The van der Waals surface area contributed by atoms with Crippen LogP contribution in [0.5, 0.6) is 5.75 Å². The van der Waals surface area contributed by atoms with Gasteiger partial charge in [0.15, 0.2) is 0 Å². The number of benzene rings is 5. The number of nitrogens with one attached hydrogen (secondary N) is 4. The summed E-state index contributed by atoms with van der Waals surface area (Å²) in [6, 6.07) is 50.7. The van der Waals surface area contributed by atoms with E-state index in [-0.39, 0.29) is 131 Å². The number of likely N-dealkylation sites (tertiary alicyclic amines) is 1. The van der Waals surface area contributed by atoms with Crippen molar-refractivity contribution < 1.29 is 113 Å². The van der Waals surface area contributed by atoms with E-state index in [0.29, 0.717) is 97.0 Å². The van der Waals surface area contributed by atoms with Crippen LogP contribution in [0.3, 0.4) is 0 Å². The summed E-state index contributed by atoms with van der Waals surface area (Å²) in [7, 11) is 1.42. The molecular weight excluding hydrogens is 1880 g/mol. The van der Waals surface area contributed by atoms with Gasteiger partial charge >= 0.3 is 18.1 Å². The molecule has 14 rings (SSSR count). The summed E-state index contributed by atoms with van der Waals surface area (Å²) < 4.78 is 85.6. The number of carbonyl (C=O) groups is 11. The molecule has 0 bridgehead atoms. The standard InChI is InChI=1S/C21H17BrN2O4.C21H15ClN2O5.C20H22N2O4.C18H10Cl2N2O3.C17H21F3N2O5/c1-12(25)11-24-20(26)17(13(2)18(10-23)21(24)27)9-16-7-8-19(28-16)14-3-5-15(22)6-4-14;1-3-28-21(27)15-8-12(4-6-17(15)22)18-7-5-13(29-18)9-14-11(2)16(10-23)20(26)24-19(14)25;23-14-15-6-4-10-22(13-15)20(25)18(12-17-9-5-11-26-17)21-19(24)16-7-2-1-3-8-16;1-9-13(17(23)22-18(24)14(9)8-21)7-11-3-5-16(25-11)12-4-2-10(19)6-15(12)20;1-3-27-15(24)16(17(18,19)20,22-8-10-26-11-9-22)21-14(23)12-4-6-13(25-2)7-5-12/h3-9,12,25H,11H2,1-2H3;4-9H,3H2,1-2H3,(H,24,25,26);1-3,5,7-9,11-12,15,23H,4,6,10,13-14H2,(H,21,24);2-7H,1H3,(H,22,23,24);4-7H,3,8-11H2,1-2H3,(H,21,23)/b17-9+;14-9+;18-12-;13-7-;. The maximum Gasteiger partial charge on any atom is 0.436 e. The van der Waals surface area contributed by atoms with Crippen LogP contribution in [-0.2, 0) is 52.6 Å². The number of halogens is 7. The summed E-state index contributed by atoms with van der Waals surface area (Å²) in [4.78, 5) is 138. The zero-order valence-corrected chi connectivity index (χ0v) is 76.9. The van der Waals surface area contributed by atoms with Crippen molar-refractivity contribution in [3.05, 3.63) is 285 Å². The Kier molecular flexibility index (Phi) is 35.8. The smallest absolute Gasteiger partial charge is 0.436 e. The van der Waals surface area contributed by atoms with Gasteiger partial charge in [-0.05, 0) is 229 Å². The molecule has 0 radical (unpaired) electrons. The summed E-state index contributed by atoms with van der Waals surface area (Å²) in [6.07, 6.45) is 3.19. The summed E-state index contributed by atoms with van der Waals surface area (Å²) in [6.45, 7) is 9.69. The van der Waals surface area contributed by atoms with Crippen molar-refractivity contribution in [1.82, 2.24) is 36.0 Å². The minimum atomic E-state index is -5.11. The number of ether oxygens (including phenoxy) is 4. The number of aliphatic hydroxyl groups is 2. The molecule has 698 valence electrons. The minimum Gasteiger partial charge on any atom is -0.497 e. The molecule has 0 saturated carbocycles. The van der Waals surface area contributed by atoms with E-state index >= 15 is 0 Å². The van der Waals surface area contributed by atoms with E-state index in [9.17, 15) is 81.4 Å². The van der Waals surface area contributed by atoms with Gasteiger partial charge in [0.25, 0.3) is 58.8 Å². The fourth-order valence-electron chi connectivity index (χ4n) is 13.9. The van der Waals surface area contributed by atoms with Crippen LogP contribution in [0.1, 0.15) is 108 Å². The number of morpholine rings is 1. The third kappa shape index (κ3) is 25.6. The van der Waals surface area contributed by atoms with Crippen LogP contribution in [0.4, 0.5) is 13.2 Å². The van der Waals surface area contributed by atoms with E-state index in [0.717, 1.165) is 32.7 Å². The molecule has 135 heavy (non-hydrogen) atoms. The van der Waals surface area contributed by atoms with E-state index in [2.05, 4.69) is 36.6 Å². The lowest BCUT2D eigenvalue weighted by atomic mass is 9.94. The van der Waals surface area contributed by atoms with Gasteiger partial charge in [-0.2, -0.15) is 29.0 Å². The minimum absolute atomic E-state index is 0.00432. The van der Waals surface area contributed by atoms with Crippen LogP contribution in [0, 0.1) is 39.9 Å². The Morgan fingerprint density at radius 1 is 0.622 bits per heavy atom. The fourth-order valence-corrected chi connectivity index (χ4v) is 14.8. The second-order valence-electron chi connectivity index (χ2n) is 29.8. The van der Waals surface area contributed by atoms with Crippen LogP contribution in [0.15, 0.2) is 248 Å². The van der Waals surface area contributed by atoms with Gasteiger partial charge in [-0.15, -0.1) is 0 Å². The number of esters is 2. The van der Waals surface area contributed by atoms with Gasteiger partial charge in [0.2, 0.25) is 0 Å². The molecule has 2 saturated heterocycles. The molecule has 4 aromatic heterocycles. The van der Waals surface area contributed by atoms with Crippen molar-refractivity contribution >= 4 is 140 Å². The highest BCUT2D eigenvalue weighted by Crippen LogP contribution is 2.39. The molecule has 3 atom stereocenters. The number of amides is 9. The largest absolute Gasteiger partial charge is 0.497 e. The molecule has 9 heterocycles. The first kappa shape index (κ1) is 103. The number of imide groups is 3. The fraction of sp³-hybridized carbons (Fsp3) is 0.237. The van der Waals surface area contributed by atoms with Crippen LogP contribution in [-0.4, -0.2) is 181 Å². The maximum atomic E-state index is 14.1. The third-order valence-corrected chi connectivity index (χ3v) is 22.2. The second-order valence-corrected chi connectivity index (χ2v) is 32.0. The number of piperidine rings is 1. The Hall–Kier alpha value is -14.6. The quantitative estimate of drug-likeness (QED) is 0.0221. The van der Waals surface area contributed by atoms with E-state index in [1.54, 1.807) is 147 Å². The van der Waals surface area contributed by atoms with Crippen molar-refractivity contribution in [1.29, 1.82) is 15.8 Å². The van der Waals surface area contributed by atoms with Gasteiger partial charge in [0.1, 0.15) is 86.7 Å². The number of hydrogen-bond acceptors (Lipinski definition) is 25. The van der Waals surface area contributed by atoms with Crippen molar-refractivity contribution in [3.8, 4) is 57.9 Å². The highest BCUT2D eigenvalue weighted by atomic mass is 79.9. The van der Waals surface area contributed by atoms with Gasteiger partial charge in [-0.3, -0.25) is 63.6 Å². The number of aliphatic hydroxyl groups excluding tert-OH is 2. The van der Waals surface area contributed by atoms with Gasteiger partial charge in [-0.1, -0.05) is 81.1 Å². The molecule has 2 fully saturated rings. The molecule has 0 aliphatic carbocycles. The molecule has 0 spiro atoms. The average Bonchev–Trinajstić information content (AvgIpc) is 1.24. The maximum absolute atomic E-state index is 14.1. The lowest BCUT2D eigenvalue weighted by Crippen LogP contribution is -2.75. The van der Waals surface area contributed by atoms with Gasteiger partial charge < -0.3 is 62.4 Å². The zero-order valence-electron chi connectivity index (χ0n) is 73.1. The number of nitriles is 3. The highest BCUT2D eigenvalue weighted by Gasteiger charge is 2.67. The summed E-state index contributed by atoms with van der Waals surface area (Å²) >= 11 is 21.5. The van der Waals surface area contributed by atoms with E-state index in [4.69, 9.17) is 77.2 Å². The lowest BCUT2D eigenvalue weighted by Gasteiger charge is -2.44. The molecule has 3 unspecified atom stereocenters. The zero-order chi connectivity index (χ0) is 98.1. The van der Waals surface area contributed by atoms with E-state index in [1.807, 2.05) is 41.7 Å². The Labute approximate surface area is 794 Å². The van der Waals surface area contributed by atoms with Gasteiger partial charge in [0.05, 0.1) is 68.1 Å². The lowest BCUT2D eigenvalue weighted by molar-refractivity contribution is -0.253. The number of furan rings is 4. The van der Waals surface area contributed by atoms with Crippen LogP contribution >= 0.6 is 50.7 Å². The molecule has 38 heteroatoms. The van der Waals surface area contributed by atoms with Crippen LogP contribution in [0.25, 0.3) is 58.3 Å². The normalized spacial score (nSPS) is 16.8. The molecular formula is C97H85BrCl3F3N10O21. The van der Waals surface area contributed by atoms with Gasteiger partial charge in [-0.25, -0.2) is 9.59 Å². The topological polar surface area (TPSA) is 447 Å². The Balaban J connectivity index is 0.000000175. The first-order valence-corrected chi connectivity index (χ1v) is 43.2. The summed E-state index contributed by atoms with van der Waals surface area (Å²) in [5.74, 6) is -3.98. The van der Waals surface area contributed by atoms with Gasteiger partial charge in [0, 0.05) is 92.9 Å². The van der Waals surface area contributed by atoms with Crippen molar-refractivity contribution in [2.75, 3.05) is 72.9 Å². The van der Waals surface area contributed by atoms with Crippen molar-refractivity contribution in [2.24, 2.45) is 5.92 Å². The molecule has 5 aliphatic rings. The summed E-state index contributed by atoms with van der Waals surface area (Å²) in [5, 5.41) is 56.5. The first-order valence-electron chi connectivity index (χ1n) is 41.3. The second kappa shape index (κ2) is 47.2. The Bertz CT molecular complexity index is 6380.